The topological polar surface area (TPSA) is 98.5 Å². The number of ketones is 2. The third kappa shape index (κ3) is 2.36. The van der Waals surface area contributed by atoms with Crippen LogP contribution < -0.4 is 11.4 Å². The van der Waals surface area contributed by atoms with Crippen molar-refractivity contribution in [1.29, 1.82) is 0 Å². The number of Topliss-reactive ketones (excluding diaryl/α,β-unsaturated/α-hetero) is 2. The summed E-state index contributed by atoms with van der Waals surface area (Å²) in [5, 5.41) is 0. The average molecular weight is 200 g/mol. The van der Waals surface area contributed by atoms with Gasteiger partial charge in [-0.15, -0.1) is 0 Å². The van der Waals surface area contributed by atoms with Crippen LogP contribution >= 0.6 is 0 Å². The molecule has 0 heterocycles. The Morgan fingerprint density at radius 2 is 1.79 bits per heavy atom. The van der Waals surface area contributed by atoms with Gasteiger partial charge in [-0.2, -0.15) is 0 Å². The fourth-order valence-electron chi connectivity index (χ4n) is 1.45. The molecule has 1 fully saturated rings. The predicted octanol–water partition coefficient (Wildman–Crippen LogP) is -0.764. The zero-order chi connectivity index (χ0) is 10.6. The van der Waals surface area contributed by atoms with Crippen LogP contribution in [0.5, 0.6) is 0 Å². The lowest BCUT2D eigenvalue weighted by Gasteiger charge is -2.09. The van der Waals surface area contributed by atoms with E-state index in [2.05, 4.69) is 4.84 Å². The van der Waals surface area contributed by atoms with E-state index in [-0.39, 0.29) is 24.4 Å². The van der Waals surface area contributed by atoms with E-state index in [0.29, 0.717) is 12.8 Å². The van der Waals surface area contributed by atoms with Gasteiger partial charge in [0.05, 0.1) is 0 Å². The maximum absolute atomic E-state index is 11.4. The average Bonchev–Trinajstić information content (AvgIpc) is 2.28. The van der Waals surface area contributed by atoms with E-state index in [4.69, 9.17) is 5.84 Å². The first-order valence-electron chi connectivity index (χ1n) is 4.38. The first-order chi connectivity index (χ1) is 6.66. The molecule has 0 bridgehead atoms. The first kappa shape index (κ1) is 10.8. The lowest BCUT2D eigenvalue weighted by Crippen LogP contribution is -2.37. The minimum atomic E-state index is -1.28. The summed E-state index contributed by atoms with van der Waals surface area (Å²) in [4.78, 5) is 38.1. The normalized spacial score (nSPS) is 19.2. The van der Waals surface area contributed by atoms with Crippen LogP contribution in [0.4, 0.5) is 0 Å². The van der Waals surface area contributed by atoms with Gasteiger partial charge in [0.2, 0.25) is 0 Å². The number of hydrazine groups is 1. The van der Waals surface area contributed by atoms with Crippen molar-refractivity contribution in [1.82, 2.24) is 5.59 Å². The number of carbonyl (C=O) groups excluding carboxylic acids is 3. The zero-order valence-corrected chi connectivity index (χ0v) is 7.62. The maximum atomic E-state index is 11.4. The van der Waals surface area contributed by atoms with Crippen LogP contribution in [0.2, 0.25) is 0 Å². The van der Waals surface area contributed by atoms with E-state index in [0.717, 1.165) is 0 Å². The van der Waals surface area contributed by atoms with Crippen molar-refractivity contribution >= 4 is 17.5 Å². The Morgan fingerprint density at radius 1 is 1.29 bits per heavy atom. The largest absolute Gasteiger partial charge is 0.355 e. The summed E-state index contributed by atoms with van der Waals surface area (Å²) in [7, 11) is 0. The molecule has 0 aromatic rings. The molecule has 6 nitrogen and oxygen atoms in total. The van der Waals surface area contributed by atoms with Crippen molar-refractivity contribution in [2.45, 2.75) is 25.7 Å². The molecule has 0 spiro atoms. The number of carbonyl (C=O) groups is 3. The monoisotopic (exact) mass is 200 g/mol. The number of rotatable bonds is 2. The lowest BCUT2D eigenvalue weighted by molar-refractivity contribution is -0.161. The molecule has 0 amide bonds. The highest BCUT2D eigenvalue weighted by Crippen LogP contribution is 2.17. The second-order valence-electron chi connectivity index (χ2n) is 3.11. The van der Waals surface area contributed by atoms with Crippen molar-refractivity contribution in [3.05, 3.63) is 0 Å². The molecule has 1 saturated carbocycles. The molecule has 0 atom stereocenters. The first-order valence-corrected chi connectivity index (χ1v) is 4.38. The zero-order valence-electron chi connectivity index (χ0n) is 7.62. The van der Waals surface area contributed by atoms with Crippen LogP contribution in [0.1, 0.15) is 25.7 Å². The smallest absolute Gasteiger partial charge is 0.344 e. The van der Waals surface area contributed by atoms with Gasteiger partial charge in [0.1, 0.15) is 0 Å². The molecular weight excluding hydrogens is 188 g/mol. The van der Waals surface area contributed by atoms with Gasteiger partial charge in [-0.25, -0.2) is 10.6 Å². The van der Waals surface area contributed by atoms with E-state index in [1.807, 2.05) is 0 Å². The van der Waals surface area contributed by atoms with Gasteiger partial charge < -0.3 is 4.84 Å². The Kier molecular flexibility index (Phi) is 3.73. The summed E-state index contributed by atoms with van der Waals surface area (Å²) in [5.41, 5.74) is 1.67. The Hall–Kier alpha value is -1.27. The molecule has 3 N–H and O–H groups in total. The number of nitrogens with one attached hydrogen (secondary N) is 1. The van der Waals surface area contributed by atoms with Crippen molar-refractivity contribution in [3.8, 4) is 0 Å². The van der Waals surface area contributed by atoms with Gasteiger partial charge in [0, 0.05) is 12.8 Å². The molecule has 0 aromatic carbocycles. The second kappa shape index (κ2) is 4.83. The standard InChI is InChI=1S/C8H12N2O4/c9-10-14-8(13)7-5(11)3-1-2-4-6(7)12/h7,10H,1-4,9H2. The minimum absolute atomic E-state index is 0.246. The number of hydrogen-bond acceptors (Lipinski definition) is 6. The Morgan fingerprint density at radius 3 is 2.21 bits per heavy atom. The van der Waals surface area contributed by atoms with Gasteiger partial charge in [0.25, 0.3) is 0 Å². The molecule has 0 saturated heterocycles. The van der Waals surface area contributed by atoms with Crippen LogP contribution in [-0.2, 0) is 19.2 Å². The highest BCUT2D eigenvalue weighted by atomic mass is 16.7. The van der Waals surface area contributed by atoms with E-state index >= 15 is 0 Å². The SMILES string of the molecule is NNOC(=O)C1C(=O)CCCCC1=O. The Balaban J connectivity index is 2.74. The molecule has 1 aliphatic carbocycles. The summed E-state index contributed by atoms with van der Waals surface area (Å²) < 4.78 is 0. The summed E-state index contributed by atoms with van der Waals surface area (Å²) >= 11 is 0. The van der Waals surface area contributed by atoms with Crippen molar-refractivity contribution in [2.75, 3.05) is 0 Å². The van der Waals surface area contributed by atoms with Crippen LogP contribution in [0.15, 0.2) is 0 Å². The molecule has 0 unspecified atom stereocenters. The molecule has 0 aliphatic heterocycles. The van der Waals surface area contributed by atoms with Crippen LogP contribution in [-0.4, -0.2) is 17.5 Å². The molecule has 6 heteroatoms. The fraction of sp³-hybridized carbons (Fsp3) is 0.625. The van der Waals surface area contributed by atoms with E-state index in [9.17, 15) is 14.4 Å². The predicted molar refractivity (Wildman–Crippen MR) is 45.4 cm³/mol. The molecule has 0 aromatic heterocycles. The maximum Gasteiger partial charge on any atom is 0.344 e. The summed E-state index contributed by atoms with van der Waals surface area (Å²) in [6.45, 7) is 0. The van der Waals surface area contributed by atoms with Gasteiger partial charge in [-0.3, -0.25) is 9.59 Å². The number of hydrogen-bond donors (Lipinski definition) is 2. The van der Waals surface area contributed by atoms with Gasteiger partial charge >= 0.3 is 5.97 Å². The van der Waals surface area contributed by atoms with Crippen molar-refractivity contribution < 1.29 is 19.2 Å². The van der Waals surface area contributed by atoms with E-state index < -0.39 is 11.9 Å². The molecular formula is C8H12N2O4. The second-order valence-corrected chi connectivity index (χ2v) is 3.11. The summed E-state index contributed by atoms with van der Waals surface area (Å²) in [6, 6.07) is 0. The van der Waals surface area contributed by atoms with Crippen molar-refractivity contribution in [3.63, 3.8) is 0 Å². The quantitative estimate of drug-likeness (QED) is 0.263. The third-order valence-electron chi connectivity index (χ3n) is 2.14. The molecule has 78 valence electrons. The number of nitrogens with two attached hydrogens (primary N) is 1. The summed E-state index contributed by atoms with van der Waals surface area (Å²) in [6.07, 6.45) is 1.78. The van der Waals surface area contributed by atoms with Crippen LogP contribution in [0, 0.1) is 5.92 Å². The molecule has 1 aliphatic rings. The minimum Gasteiger partial charge on any atom is -0.355 e. The van der Waals surface area contributed by atoms with Crippen molar-refractivity contribution in [2.24, 2.45) is 11.8 Å². The summed E-state index contributed by atoms with van der Waals surface area (Å²) in [5.74, 6) is 1.79. The third-order valence-corrected chi connectivity index (χ3v) is 2.14. The van der Waals surface area contributed by atoms with Crippen LogP contribution in [0.25, 0.3) is 0 Å². The van der Waals surface area contributed by atoms with Crippen LogP contribution in [0.3, 0.4) is 0 Å². The highest BCUT2D eigenvalue weighted by molar-refractivity contribution is 6.17. The fourth-order valence-corrected chi connectivity index (χ4v) is 1.45. The van der Waals surface area contributed by atoms with E-state index in [1.54, 1.807) is 5.59 Å². The molecule has 1 rings (SSSR count). The van der Waals surface area contributed by atoms with E-state index in [1.165, 1.54) is 0 Å². The Bertz CT molecular complexity index is 246. The lowest BCUT2D eigenvalue weighted by atomic mass is 9.98. The molecule has 14 heavy (non-hydrogen) atoms. The van der Waals surface area contributed by atoms with Gasteiger partial charge in [-0.05, 0) is 12.8 Å². The molecule has 0 radical (unpaired) electrons. The highest BCUT2D eigenvalue weighted by Gasteiger charge is 2.36. The van der Waals surface area contributed by atoms with Gasteiger partial charge in [0.15, 0.2) is 17.5 Å². The Labute approximate surface area is 80.7 Å². The van der Waals surface area contributed by atoms with Gasteiger partial charge in [-0.1, -0.05) is 5.59 Å².